The number of aliphatic carboxylic acids is 1. The van der Waals surface area contributed by atoms with E-state index in [1.165, 1.54) is 0 Å². The molecule has 1 fully saturated rings. The average Bonchev–Trinajstić information content (AvgIpc) is 2.26. The van der Waals surface area contributed by atoms with Crippen LogP contribution in [-0.4, -0.2) is 40.9 Å². The zero-order chi connectivity index (χ0) is 12.1. The predicted octanol–water partition coefficient (Wildman–Crippen LogP) is 1.54. The maximum Gasteiger partial charge on any atom is 0.320 e. The van der Waals surface area contributed by atoms with Crippen LogP contribution in [0.2, 0.25) is 0 Å². The molecule has 0 saturated carbocycles. The molecule has 1 rings (SSSR count). The van der Waals surface area contributed by atoms with Gasteiger partial charge in [-0.1, -0.05) is 20.3 Å². The van der Waals surface area contributed by atoms with Gasteiger partial charge in [-0.15, -0.1) is 0 Å². The van der Waals surface area contributed by atoms with Crippen LogP contribution < -0.4 is 0 Å². The minimum atomic E-state index is -0.758. The Bertz CT molecular complexity index is 265. The van der Waals surface area contributed by atoms with Gasteiger partial charge < -0.3 is 5.11 Å². The van der Waals surface area contributed by atoms with Gasteiger partial charge >= 0.3 is 5.97 Å². The smallest absolute Gasteiger partial charge is 0.320 e. The summed E-state index contributed by atoms with van der Waals surface area (Å²) in [5.41, 5.74) is 0. The molecule has 1 aliphatic heterocycles. The van der Waals surface area contributed by atoms with Gasteiger partial charge in [-0.2, -0.15) is 0 Å². The summed E-state index contributed by atoms with van der Waals surface area (Å²) in [5.74, 6) is -0.433. The van der Waals surface area contributed by atoms with Crippen molar-refractivity contribution in [3.8, 4) is 0 Å². The lowest BCUT2D eigenvalue weighted by Crippen LogP contribution is -2.49. The number of piperidine rings is 1. The highest BCUT2D eigenvalue weighted by Crippen LogP contribution is 2.20. The number of carbonyl (C=O) groups is 2. The Morgan fingerprint density at radius 3 is 2.75 bits per heavy atom. The second kappa shape index (κ2) is 5.99. The Kier molecular flexibility index (Phi) is 4.93. The van der Waals surface area contributed by atoms with Crippen molar-refractivity contribution in [2.75, 3.05) is 13.1 Å². The Morgan fingerprint density at radius 1 is 1.56 bits per heavy atom. The molecule has 0 radical (unpaired) electrons. The highest BCUT2D eigenvalue weighted by atomic mass is 16.4. The molecule has 92 valence electrons. The van der Waals surface area contributed by atoms with E-state index in [0.29, 0.717) is 31.7 Å². The van der Waals surface area contributed by atoms with Gasteiger partial charge in [0.05, 0.1) is 0 Å². The molecule has 0 amide bonds. The maximum absolute atomic E-state index is 11.5. The number of carboxylic acid groups (broad SMARTS) is 1. The molecule has 0 aromatic rings. The lowest BCUT2D eigenvalue weighted by atomic mass is 9.92. The first kappa shape index (κ1) is 13.2. The molecular weight excluding hydrogens is 206 g/mol. The molecule has 4 nitrogen and oxygen atoms in total. The fourth-order valence-electron chi connectivity index (χ4n) is 2.31. The Morgan fingerprint density at radius 2 is 2.25 bits per heavy atom. The third-order valence-corrected chi connectivity index (χ3v) is 3.34. The Balaban J connectivity index is 2.64. The van der Waals surface area contributed by atoms with Crippen LogP contribution in [0.15, 0.2) is 0 Å². The van der Waals surface area contributed by atoms with E-state index in [0.717, 1.165) is 12.8 Å². The van der Waals surface area contributed by atoms with Crippen molar-refractivity contribution in [2.24, 2.45) is 5.92 Å². The molecule has 0 aliphatic carbocycles. The predicted molar refractivity (Wildman–Crippen MR) is 61.3 cm³/mol. The van der Waals surface area contributed by atoms with Gasteiger partial charge in [-0.3, -0.25) is 14.5 Å². The number of rotatable bonds is 5. The van der Waals surface area contributed by atoms with E-state index in [9.17, 15) is 9.59 Å². The lowest BCUT2D eigenvalue weighted by Gasteiger charge is -2.35. The standard InChI is InChI=1S/C12H21NO3/c1-3-5-10(12(15)16)13-7-6-11(14)9(4-2)8-13/h9-10H,3-8H2,1-2H3,(H,15,16). The second-order valence-corrected chi connectivity index (χ2v) is 4.46. The summed E-state index contributed by atoms with van der Waals surface area (Å²) in [6, 6.07) is -0.410. The van der Waals surface area contributed by atoms with Crippen LogP contribution in [0.1, 0.15) is 39.5 Å². The SMILES string of the molecule is CCCC(C(=O)O)N1CCC(=O)C(CC)C1. The van der Waals surface area contributed by atoms with Gasteiger partial charge in [0.2, 0.25) is 0 Å². The third-order valence-electron chi connectivity index (χ3n) is 3.34. The first-order valence-corrected chi connectivity index (χ1v) is 6.09. The van der Waals surface area contributed by atoms with E-state index < -0.39 is 12.0 Å². The van der Waals surface area contributed by atoms with Gasteiger partial charge in [0, 0.05) is 25.4 Å². The number of ketones is 1. The fourth-order valence-corrected chi connectivity index (χ4v) is 2.31. The van der Waals surface area contributed by atoms with Crippen molar-refractivity contribution in [1.29, 1.82) is 0 Å². The Labute approximate surface area is 96.6 Å². The van der Waals surface area contributed by atoms with Gasteiger partial charge in [0.1, 0.15) is 11.8 Å². The number of likely N-dealkylation sites (tertiary alicyclic amines) is 1. The molecule has 0 aromatic heterocycles. The molecule has 1 aliphatic rings. The van der Waals surface area contributed by atoms with Crippen molar-refractivity contribution in [3.63, 3.8) is 0 Å². The molecule has 1 saturated heterocycles. The number of hydrogen-bond donors (Lipinski definition) is 1. The van der Waals surface area contributed by atoms with E-state index in [4.69, 9.17) is 5.11 Å². The van der Waals surface area contributed by atoms with Gasteiger partial charge in [-0.25, -0.2) is 0 Å². The summed E-state index contributed by atoms with van der Waals surface area (Å²) in [4.78, 5) is 24.6. The van der Waals surface area contributed by atoms with E-state index in [1.807, 2.05) is 18.7 Å². The zero-order valence-electron chi connectivity index (χ0n) is 10.1. The van der Waals surface area contributed by atoms with Crippen LogP contribution in [0.5, 0.6) is 0 Å². The summed E-state index contributed by atoms with van der Waals surface area (Å²) in [6.45, 7) is 5.20. The van der Waals surface area contributed by atoms with E-state index in [1.54, 1.807) is 0 Å². The van der Waals surface area contributed by atoms with Crippen LogP contribution >= 0.6 is 0 Å². The van der Waals surface area contributed by atoms with E-state index in [2.05, 4.69) is 0 Å². The summed E-state index contributed by atoms with van der Waals surface area (Å²) >= 11 is 0. The molecule has 0 bridgehead atoms. The van der Waals surface area contributed by atoms with Crippen molar-refractivity contribution >= 4 is 11.8 Å². The fraction of sp³-hybridized carbons (Fsp3) is 0.833. The van der Waals surface area contributed by atoms with Crippen molar-refractivity contribution in [3.05, 3.63) is 0 Å². The number of hydrogen-bond acceptors (Lipinski definition) is 3. The topological polar surface area (TPSA) is 57.6 Å². The van der Waals surface area contributed by atoms with E-state index in [-0.39, 0.29) is 5.92 Å². The van der Waals surface area contributed by atoms with Crippen LogP contribution in [0.4, 0.5) is 0 Å². The number of Topliss-reactive ketones (excluding diaryl/α,β-unsaturated/α-hetero) is 1. The number of carboxylic acids is 1. The molecule has 0 spiro atoms. The summed E-state index contributed by atoms with van der Waals surface area (Å²) in [7, 11) is 0. The summed E-state index contributed by atoms with van der Waals surface area (Å²) in [6.07, 6.45) is 2.85. The quantitative estimate of drug-likeness (QED) is 0.774. The highest BCUT2D eigenvalue weighted by molar-refractivity contribution is 5.82. The first-order valence-electron chi connectivity index (χ1n) is 6.09. The number of nitrogens with zero attached hydrogens (tertiary/aromatic N) is 1. The van der Waals surface area contributed by atoms with Crippen LogP contribution in [0.25, 0.3) is 0 Å². The largest absolute Gasteiger partial charge is 0.480 e. The zero-order valence-corrected chi connectivity index (χ0v) is 10.1. The molecule has 1 N–H and O–H groups in total. The van der Waals surface area contributed by atoms with Crippen molar-refractivity contribution in [2.45, 2.75) is 45.6 Å². The normalized spacial score (nSPS) is 24.4. The van der Waals surface area contributed by atoms with Gasteiger partial charge in [0.15, 0.2) is 0 Å². The van der Waals surface area contributed by atoms with Crippen LogP contribution in [0.3, 0.4) is 0 Å². The summed E-state index contributed by atoms with van der Waals surface area (Å²) in [5, 5.41) is 9.15. The van der Waals surface area contributed by atoms with Crippen LogP contribution in [0, 0.1) is 5.92 Å². The molecular formula is C12H21NO3. The lowest BCUT2D eigenvalue weighted by molar-refractivity contribution is -0.146. The third kappa shape index (κ3) is 3.04. The molecule has 2 unspecified atom stereocenters. The maximum atomic E-state index is 11.5. The monoisotopic (exact) mass is 227 g/mol. The molecule has 2 atom stereocenters. The van der Waals surface area contributed by atoms with Crippen LogP contribution in [-0.2, 0) is 9.59 Å². The molecule has 1 heterocycles. The molecule has 4 heteroatoms. The van der Waals surface area contributed by atoms with Crippen molar-refractivity contribution in [1.82, 2.24) is 4.90 Å². The average molecular weight is 227 g/mol. The number of carbonyl (C=O) groups excluding carboxylic acids is 1. The van der Waals surface area contributed by atoms with E-state index >= 15 is 0 Å². The molecule has 0 aromatic carbocycles. The van der Waals surface area contributed by atoms with Gasteiger partial charge in [-0.05, 0) is 12.8 Å². The summed E-state index contributed by atoms with van der Waals surface area (Å²) < 4.78 is 0. The minimum Gasteiger partial charge on any atom is -0.480 e. The molecule has 16 heavy (non-hydrogen) atoms. The highest BCUT2D eigenvalue weighted by Gasteiger charge is 2.32. The minimum absolute atomic E-state index is 0.0347. The first-order chi connectivity index (χ1) is 7.60. The van der Waals surface area contributed by atoms with Gasteiger partial charge in [0.25, 0.3) is 0 Å². The second-order valence-electron chi connectivity index (χ2n) is 4.46. The Hall–Kier alpha value is -0.900. The van der Waals surface area contributed by atoms with Crippen molar-refractivity contribution < 1.29 is 14.7 Å².